The number of hydrogen-bond donors (Lipinski definition) is 1. The van der Waals surface area contributed by atoms with Gasteiger partial charge in [0.15, 0.2) is 0 Å². The van der Waals surface area contributed by atoms with Crippen molar-refractivity contribution in [2.45, 2.75) is 31.7 Å². The normalized spacial score (nSPS) is 11.7. The zero-order valence-corrected chi connectivity index (χ0v) is 23.5. The average Bonchev–Trinajstić information content (AvgIpc) is 2.85. The third kappa shape index (κ3) is 8.32. The zero-order valence-electron chi connectivity index (χ0n) is 19.6. The summed E-state index contributed by atoms with van der Waals surface area (Å²) < 4.78 is 0. The minimum absolute atomic E-state index is 0.168. The second-order valence-corrected chi connectivity index (χ2v) is 10.7. The Morgan fingerprint density at radius 1 is 0.889 bits per heavy atom. The van der Waals surface area contributed by atoms with Crippen LogP contribution in [0.3, 0.4) is 0 Å². The van der Waals surface area contributed by atoms with Gasteiger partial charge in [0.1, 0.15) is 6.04 Å². The highest BCUT2D eigenvalue weighted by Gasteiger charge is 2.30. The van der Waals surface area contributed by atoms with E-state index < -0.39 is 6.04 Å². The maximum atomic E-state index is 13.6. The van der Waals surface area contributed by atoms with Crippen LogP contribution in [0.15, 0.2) is 66.7 Å². The van der Waals surface area contributed by atoms with Gasteiger partial charge in [-0.2, -0.15) is 0 Å². The topological polar surface area (TPSA) is 49.4 Å². The standard InChI is InChI=1S/C27H26Cl4N2O2S/c1-2-32-27(35)25(13-18-6-4-3-5-7-18)33(15-20-9-10-21(28)14-23(20)30)26(34)17-36-16-19-8-11-22(29)24(31)12-19/h3-12,14,25H,2,13,15-17H2,1H3,(H,32,35)/t25-/m1/s1. The fourth-order valence-corrected chi connectivity index (χ4v) is 5.29. The second-order valence-electron chi connectivity index (χ2n) is 8.10. The number of amides is 2. The Hall–Kier alpha value is -1.89. The summed E-state index contributed by atoms with van der Waals surface area (Å²) in [4.78, 5) is 28.4. The predicted molar refractivity (Wildman–Crippen MR) is 152 cm³/mol. The molecule has 0 saturated carbocycles. The lowest BCUT2D eigenvalue weighted by atomic mass is 10.0. The van der Waals surface area contributed by atoms with Crippen LogP contribution in [0.25, 0.3) is 0 Å². The number of carbonyl (C=O) groups excluding carboxylic acids is 2. The Kier molecular flexibility index (Phi) is 11.3. The number of rotatable bonds is 11. The van der Waals surface area contributed by atoms with Crippen LogP contribution in [0.2, 0.25) is 20.1 Å². The van der Waals surface area contributed by atoms with E-state index in [1.165, 1.54) is 11.8 Å². The summed E-state index contributed by atoms with van der Waals surface area (Å²) in [6, 6.07) is 19.5. The molecule has 9 heteroatoms. The largest absolute Gasteiger partial charge is 0.355 e. The molecule has 190 valence electrons. The smallest absolute Gasteiger partial charge is 0.243 e. The number of hydrogen-bond acceptors (Lipinski definition) is 3. The molecule has 3 rings (SSSR count). The van der Waals surface area contributed by atoms with E-state index >= 15 is 0 Å². The molecule has 0 heterocycles. The summed E-state index contributed by atoms with van der Waals surface area (Å²) in [5.74, 6) is 0.367. The van der Waals surface area contributed by atoms with Crippen LogP contribution in [0.1, 0.15) is 23.6 Å². The fourth-order valence-electron chi connectivity index (χ4n) is 3.65. The van der Waals surface area contributed by atoms with Gasteiger partial charge in [-0.25, -0.2) is 0 Å². The van der Waals surface area contributed by atoms with E-state index in [2.05, 4.69) is 5.32 Å². The monoisotopic (exact) mass is 582 g/mol. The van der Waals surface area contributed by atoms with Crippen molar-refractivity contribution in [2.75, 3.05) is 12.3 Å². The molecule has 3 aromatic rings. The first-order chi connectivity index (χ1) is 17.3. The summed E-state index contributed by atoms with van der Waals surface area (Å²) in [6.45, 7) is 2.49. The van der Waals surface area contributed by atoms with Crippen LogP contribution >= 0.6 is 58.2 Å². The molecule has 0 fully saturated rings. The molecular weight excluding hydrogens is 558 g/mol. The van der Waals surface area contributed by atoms with Crippen LogP contribution in [0.4, 0.5) is 0 Å². The van der Waals surface area contributed by atoms with Gasteiger partial charge in [0.2, 0.25) is 11.8 Å². The van der Waals surface area contributed by atoms with Crippen LogP contribution in [0.5, 0.6) is 0 Å². The van der Waals surface area contributed by atoms with E-state index in [4.69, 9.17) is 46.4 Å². The van der Waals surface area contributed by atoms with Gasteiger partial charge in [0.25, 0.3) is 0 Å². The van der Waals surface area contributed by atoms with Gasteiger partial charge in [-0.3, -0.25) is 9.59 Å². The highest BCUT2D eigenvalue weighted by atomic mass is 35.5. The van der Waals surface area contributed by atoms with Crippen LogP contribution in [-0.2, 0) is 28.3 Å². The number of thioether (sulfide) groups is 1. The molecular formula is C27H26Cl4N2O2S. The number of carbonyl (C=O) groups is 2. The van der Waals surface area contributed by atoms with Gasteiger partial charge >= 0.3 is 0 Å². The van der Waals surface area contributed by atoms with Crippen molar-refractivity contribution in [3.05, 3.63) is 104 Å². The van der Waals surface area contributed by atoms with Crippen molar-refractivity contribution < 1.29 is 9.59 Å². The molecule has 0 aromatic heterocycles. The van der Waals surface area contributed by atoms with Gasteiger partial charge in [-0.1, -0.05) is 88.9 Å². The number of nitrogens with zero attached hydrogens (tertiary/aromatic N) is 1. The molecule has 0 bridgehead atoms. The molecule has 0 saturated heterocycles. The van der Waals surface area contributed by atoms with Crippen LogP contribution < -0.4 is 5.32 Å². The van der Waals surface area contributed by atoms with Gasteiger partial charge in [0, 0.05) is 35.3 Å². The van der Waals surface area contributed by atoms with Crippen LogP contribution in [0, 0.1) is 0 Å². The number of benzene rings is 3. The van der Waals surface area contributed by atoms with Crippen molar-refractivity contribution >= 4 is 70.0 Å². The Balaban J connectivity index is 1.85. The first-order valence-corrected chi connectivity index (χ1v) is 14.0. The summed E-state index contributed by atoms with van der Waals surface area (Å²) in [5, 5.41) is 4.79. The quantitative estimate of drug-likeness (QED) is 0.257. The van der Waals surface area contributed by atoms with Gasteiger partial charge < -0.3 is 10.2 Å². The molecule has 0 radical (unpaired) electrons. The first kappa shape index (κ1) is 28.7. The summed E-state index contributed by atoms with van der Waals surface area (Å²) >= 11 is 26.1. The Bertz CT molecular complexity index is 1190. The van der Waals surface area contributed by atoms with E-state index in [0.717, 1.165) is 11.1 Å². The molecule has 36 heavy (non-hydrogen) atoms. The number of halogens is 4. The van der Waals surface area contributed by atoms with Crippen molar-refractivity contribution in [2.24, 2.45) is 0 Å². The SMILES string of the molecule is CCNC(=O)[C@@H](Cc1ccccc1)N(Cc1ccc(Cl)cc1Cl)C(=O)CSCc1ccc(Cl)c(Cl)c1. The summed E-state index contributed by atoms with van der Waals surface area (Å²) in [6.07, 6.45) is 0.376. The second kappa shape index (κ2) is 14.2. The lowest BCUT2D eigenvalue weighted by Crippen LogP contribution is -2.51. The number of likely N-dealkylation sites (N-methyl/N-ethyl adjacent to an activating group) is 1. The molecule has 0 aliphatic rings. The first-order valence-electron chi connectivity index (χ1n) is 11.3. The van der Waals surface area contributed by atoms with Crippen molar-refractivity contribution in [3.63, 3.8) is 0 Å². The van der Waals surface area contributed by atoms with E-state index in [1.54, 1.807) is 35.2 Å². The van der Waals surface area contributed by atoms with Gasteiger partial charge in [-0.15, -0.1) is 11.8 Å². The van der Waals surface area contributed by atoms with Gasteiger partial charge in [-0.05, 0) is 47.9 Å². The average molecular weight is 584 g/mol. The van der Waals surface area contributed by atoms with Crippen molar-refractivity contribution in [1.82, 2.24) is 10.2 Å². The Morgan fingerprint density at radius 2 is 1.64 bits per heavy atom. The predicted octanol–water partition coefficient (Wildman–Crippen LogP) is 7.31. The molecule has 4 nitrogen and oxygen atoms in total. The lowest BCUT2D eigenvalue weighted by molar-refractivity contribution is -0.139. The molecule has 0 spiro atoms. The molecule has 0 aliphatic carbocycles. The maximum absolute atomic E-state index is 13.6. The molecule has 3 aromatic carbocycles. The highest BCUT2D eigenvalue weighted by molar-refractivity contribution is 7.99. The Morgan fingerprint density at radius 3 is 2.31 bits per heavy atom. The molecule has 2 amide bonds. The lowest BCUT2D eigenvalue weighted by Gasteiger charge is -2.31. The van der Waals surface area contributed by atoms with Crippen molar-refractivity contribution in [3.8, 4) is 0 Å². The zero-order chi connectivity index (χ0) is 26.1. The molecule has 1 atom stereocenters. The van der Waals surface area contributed by atoms with E-state index in [1.807, 2.05) is 43.3 Å². The summed E-state index contributed by atoms with van der Waals surface area (Å²) in [7, 11) is 0. The third-order valence-electron chi connectivity index (χ3n) is 5.46. The molecule has 0 aliphatic heterocycles. The molecule has 1 N–H and O–H groups in total. The van der Waals surface area contributed by atoms with Gasteiger partial charge in [0.05, 0.1) is 15.8 Å². The highest BCUT2D eigenvalue weighted by Crippen LogP contribution is 2.27. The Labute approximate surface area is 236 Å². The summed E-state index contributed by atoms with van der Waals surface area (Å²) in [5.41, 5.74) is 2.63. The van der Waals surface area contributed by atoms with Crippen molar-refractivity contribution in [1.29, 1.82) is 0 Å². The third-order valence-corrected chi connectivity index (χ3v) is 7.77. The van der Waals surface area contributed by atoms with Crippen LogP contribution in [-0.4, -0.2) is 35.1 Å². The molecule has 0 unspecified atom stereocenters. The van der Waals surface area contributed by atoms with E-state index in [-0.39, 0.29) is 24.1 Å². The minimum atomic E-state index is -0.711. The minimum Gasteiger partial charge on any atom is -0.355 e. The number of nitrogens with one attached hydrogen (secondary N) is 1. The van der Waals surface area contributed by atoms with E-state index in [0.29, 0.717) is 44.4 Å². The maximum Gasteiger partial charge on any atom is 0.243 e. The fraction of sp³-hybridized carbons (Fsp3) is 0.259. The van der Waals surface area contributed by atoms with E-state index in [9.17, 15) is 9.59 Å².